The van der Waals surface area contributed by atoms with Gasteiger partial charge in [-0.15, -0.1) is 0 Å². The van der Waals surface area contributed by atoms with E-state index >= 15 is 0 Å². The van der Waals surface area contributed by atoms with Crippen molar-refractivity contribution in [3.8, 4) is 0 Å². The zero-order valence-corrected chi connectivity index (χ0v) is 14.4. The molecule has 0 unspecified atom stereocenters. The van der Waals surface area contributed by atoms with E-state index < -0.39 is 0 Å². The minimum atomic E-state index is -0.164. The predicted octanol–water partition coefficient (Wildman–Crippen LogP) is 2.62. The van der Waals surface area contributed by atoms with E-state index in [0.29, 0.717) is 51.9 Å². The average molecular weight is 332 g/mol. The van der Waals surface area contributed by atoms with Gasteiger partial charge in [-0.2, -0.15) is 0 Å². The molecule has 6 nitrogen and oxygen atoms in total. The van der Waals surface area contributed by atoms with E-state index in [1.54, 1.807) is 0 Å². The fraction of sp³-hybridized carbons (Fsp3) is 0.882. The molecule has 23 heavy (non-hydrogen) atoms. The standard InChI is InChI=1S/C16H32N2O4.CH4/c1-13(2)12-18-16(20)17-7-9-22-11-10-21-8-5-6-15(19)14(3)4;/h13-14H,5-12H2,1-4H3,(H2,17,18,20);1H4. The van der Waals surface area contributed by atoms with Crippen molar-refractivity contribution in [3.63, 3.8) is 0 Å². The molecule has 0 atom stereocenters. The molecule has 0 aromatic rings. The minimum absolute atomic E-state index is 0. The summed E-state index contributed by atoms with van der Waals surface area (Å²) >= 11 is 0. The van der Waals surface area contributed by atoms with Gasteiger partial charge in [-0.25, -0.2) is 4.79 Å². The van der Waals surface area contributed by atoms with Crippen LogP contribution in [0.1, 0.15) is 48.0 Å². The molecule has 0 bridgehead atoms. The zero-order valence-electron chi connectivity index (χ0n) is 14.4. The Labute approximate surface area is 141 Å². The second-order valence-corrected chi connectivity index (χ2v) is 5.98. The van der Waals surface area contributed by atoms with Crippen LogP contribution in [-0.4, -0.2) is 51.3 Å². The summed E-state index contributed by atoms with van der Waals surface area (Å²) in [6.07, 6.45) is 1.34. The van der Waals surface area contributed by atoms with Crippen LogP contribution in [0.4, 0.5) is 4.79 Å². The number of carbonyl (C=O) groups is 2. The summed E-state index contributed by atoms with van der Waals surface area (Å²) in [5.74, 6) is 0.824. The number of amides is 2. The Morgan fingerprint density at radius 3 is 2.09 bits per heavy atom. The molecule has 0 aliphatic carbocycles. The topological polar surface area (TPSA) is 76.7 Å². The molecule has 0 fully saturated rings. The number of ketones is 1. The van der Waals surface area contributed by atoms with Gasteiger partial charge in [0.1, 0.15) is 5.78 Å². The van der Waals surface area contributed by atoms with Crippen LogP contribution in [0.3, 0.4) is 0 Å². The number of Topliss-reactive ketones (excluding diaryl/α,β-unsaturated/α-hetero) is 1. The molecule has 2 N–H and O–H groups in total. The number of ether oxygens (including phenoxy) is 2. The Morgan fingerprint density at radius 2 is 1.52 bits per heavy atom. The van der Waals surface area contributed by atoms with Crippen LogP contribution < -0.4 is 10.6 Å². The number of urea groups is 1. The van der Waals surface area contributed by atoms with Gasteiger partial charge in [0.2, 0.25) is 0 Å². The van der Waals surface area contributed by atoms with E-state index in [-0.39, 0.29) is 25.2 Å². The molecule has 0 saturated carbocycles. The van der Waals surface area contributed by atoms with Crippen molar-refractivity contribution >= 4 is 11.8 Å². The summed E-state index contributed by atoms with van der Waals surface area (Å²) in [6, 6.07) is -0.164. The molecule has 6 heteroatoms. The summed E-state index contributed by atoms with van der Waals surface area (Å²) < 4.78 is 10.7. The van der Waals surface area contributed by atoms with Gasteiger partial charge >= 0.3 is 6.03 Å². The van der Waals surface area contributed by atoms with Crippen molar-refractivity contribution in [1.82, 2.24) is 10.6 Å². The summed E-state index contributed by atoms with van der Waals surface area (Å²) in [6.45, 7) is 11.1. The number of carbonyl (C=O) groups excluding carboxylic acids is 2. The number of hydrogen-bond acceptors (Lipinski definition) is 4. The maximum atomic E-state index is 11.4. The zero-order chi connectivity index (χ0) is 16.8. The molecular weight excluding hydrogens is 296 g/mol. The van der Waals surface area contributed by atoms with Gasteiger partial charge in [0.15, 0.2) is 0 Å². The SMILES string of the molecule is C.CC(C)CNC(=O)NCCOCCOCCCC(=O)C(C)C. The Morgan fingerprint density at radius 1 is 0.913 bits per heavy atom. The van der Waals surface area contributed by atoms with Crippen molar-refractivity contribution in [2.75, 3.05) is 39.5 Å². The molecule has 0 heterocycles. The van der Waals surface area contributed by atoms with Gasteiger partial charge < -0.3 is 20.1 Å². The minimum Gasteiger partial charge on any atom is -0.379 e. The van der Waals surface area contributed by atoms with Gasteiger partial charge in [0.25, 0.3) is 0 Å². The third-order valence-electron chi connectivity index (χ3n) is 2.93. The highest BCUT2D eigenvalue weighted by Gasteiger charge is 2.05. The average Bonchev–Trinajstić information content (AvgIpc) is 2.46. The fourth-order valence-corrected chi connectivity index (χ4v) is 1.56. The smallest absolute Gasteiger partial charge is 0.314 e. The van der Waals surface area contributed by atoms with Gasteiger partial charge in [0.05, 0.1) is 19.8 Å². The molecule has 0 spiro atoms. The van der Waals surface area contributed by atoms with Crippen molar-refractivity contribution in [1.29, 1.82) is 0 Å². The van der Waals surface area contributed by atoms with E-state index in [9.17, 15) is 9.59 Å². The van der Waals surface area contributed by atoms with Gasteiger partial charge in [-0.05, 0) is 12.3 Å². The first-order valence-corrected chi connectivity index (χ1v) is 8.13. The highest BCUT2D eigenvalue weighted by molar-refractivity contribution is 5.80. The van der Waals surface area contributed by atoms with Crippen LogP contribution in [0.15, 0.2) is 0 Å². The van der Waals surface area contributed by atoms with Crippen LogP contribution >= 0.6 is 0 Å². The van der Waals surface area contributed by atoms with E-state index in [1.165, 1.54) is 0 Å². The molecule has 0 radical (unpaired) electrons. The van der Waals surface area contributed by atoms with E-state index in [4.69, 9.17) is 9.47 Å². The van der Waals surface area contributed by atoms with Gasteiger partial charge in [-0.1, -0.05) is 35.1 Å². The summed E-state index contributed by atoms with van der Waals surface area (Å²) in [7, 11) is 0. The summed E-state index contributed by atoms with van der Waals surface area (Å²) in [4.78, 5) is 22.7. The quantitative estimate of drug-likeness (QED) is 0.508. The molecule has 0 aliphatic heterocycles. The van der Waals surface area contributed by atoms with Gasteiger partial charge in [-0.3, -0.25) is 4.79 Å². The molecular formula is C17H36N2O4. The second-order valence-electron chi connectivity index (χ2n) is 5.98. The molecule has 0 aromatic carbocycles. The number of hydrogen-bond donors (Lipinski definition) is 2. The van der Waals surface area contributed by atoms with Crippen molar-refractivity contribution in [2.24, 2.45) is 11.8 Å². The predicted molar refractivity (Wildman–Crippen MR) is 93.7 cm³/mol. The summed E-state index contributed by atoms with van der Waals surface area (Å²) in [5, 5.41) is 5.49. The molecule has 2 amide bonds. The lowest BCUT2D eigenvalue weighted by molar-refractivity contribution is -0.122. The fourth-order valence-electron chi connectivity index (χ4n) is 1.56. The maximum absolute atomic E-state index is 11.4. The maximum Gasteiger partial charge on any atom is 0.314 e. The first kappa shape index (κ1) is 24.1. The number of nitrogens with one attached hydrogen (secondary N) is 2. The number of rotatable bonds is 13. The normalized spacial score (nSPS) is 10.5. The third kappa shape index (κ3) is 17.1. The van der Waals surface area contributed by atoms with Gasteiger partial charge in [0, 0.05) is 32.0 Å². The molecule has 138 valence electrons. The molecule has 0 aromatic heterocycles. The van der Waals surface area contributed by atoms with E-state index in [0.717, 1.165) is 6.42 Å². The highest BCUT2D eigenvalue weighted by atomic mass is 16.5. The summed E-state index contributed by atoms with van der Waals surface area (Å²) in [5.41, 5.74) is 0. The lowest BCUT2D eigenvalue weighted by Gasteiger charge is -2.10. The monoisotopic (exact) mass is 332 g/mol. The van der Waals surface area contributed by atoms with Crippen LogP contribution in [0.5, 0.6) is 0 Å². The third-order valence-corrected chi connectivity index (χ3v) is 2.93. The Kier molecular flexibility index (Phi) is 16.5. The molecule has 0 rings (SSSR count). The van der Waals surface area contributed by atoms with Crippen molar-refractivity contribution in [3.05, 3.63) is 0 Å². The van der Waals surface area contributed by atoms with Crippen LogP contribution in [-0.2, 0) is 14.3 Å². The molecule has 0 aliphatic rings. The first-order valence-electron chi connectivity index (χ1n) is 8.13. The van der Waals surface area contributed by atoms with Crippen LogP contribution in [0.25, 0.3) is 0 Å². The Hall–Kier alpha value is -1.14. The van der Waals surface area contributed by atoms with E-state index in [1.807, 2.05) is 27.7 Å². The van der Waals surface area contributed by atoms with Crippen molar-refractivity contribution < 1.29 is 19.1 Å². The van der Waals surface area contributed by atoms with Crippen LogP contribution in [0.2, 0.25) is 0 Å². The van der Waals surface area contributed by atoms with Crippen molar-refractivity contribution in [2.45, 2.75) is 48.0 Å². The Balaban J connectivity index is 0. The lowest BCUT2D eigenvalue weighted by atomic mass is 10.1. The van der Waals surface area contributed by atoms with Crippen LogP contribution in [0, 0.1) is 11.8 Å². The van der Waals surface area contributed by atoms with E-state index in [2.05, 4.69) is 10.6 Å². The highest BCUT2D eigenvalue weighted by Crippen LogP contribution is 2.01. The Bertz CT molecular complexity index is 307. The largest absolute Gasteiger partial charge is 0.379 e. The second kappa shape index (κ2) is 15.7. The lowest BCUT2D eigenvalue weighted by Crippen LogP contribution is -2.39. The first-order chi connectivity index (χ1) is 10.4. The molecule has 0 saturated heterocycles.